The van der Waals surface area contributed by atoms with E-state index in [-0.39, 0.29) is 17.7 Å². The molecule has 0 spiro atoms. The zero-order chi connectivity index (χ0) is 23.7. The van der Waals surface area contributed by atoms with Crippen molar-refractivity contribution in [3.8, 4) is 11.1 Å². The molecule has 0 saturated heterocycles. The summed E-state index contributed by atoms with van der Waals surface area (Å²) in [7, 11) is 0. The fraction of sp³-hybridized carbons (Fsp3) is 0.280. The summed E-state index contributed by atoms with van der Waals surface area (Å²) in [4.78, 5) is 40.7. The number of amides is 2. The van der Waals surface area contributed by atoms with Crippen LogP contribution in [0.2, 0.25) is 0 Å². The smallest absolute Gasteiger partial charge is 0.413 e. The summed E-state index contributed by atoms with van der Waals surface area (Å²) in [6, 6.07) is 15.8. The van der Waals surface area contributed by atoms with Gasteiger partial charge in [-0.2, -0.15) is 0 Å². The molecule has 0 radical (unpaired) electrons. The standard InChI is InChI=1S/C25H23N3O5S/c29-22(27-20-11-5-10-18(20)23(30)31)21-12-26-24(34-21)28-25(32)33-13-19-16-8-3-1-6-14(16)15-7-2-4-9-17(15)19/h1-4,6-9,12,18-20H,5,10-11,13H2,(H,27,29)(H,30,31)(H,26,28,32)/t18-,20+/m0/s1. The lowest BCUT2D eigenvalue weighted by molar-refractivity contribution is -0.142. The van der Waals surface area contributed by atoms with E-state index in [4.69, 9.17) is 4.74 Å². The third-order valence-electron chi connectivity index (χ3n) is 6.43. The maximum Gasteiger partial charge on any atom is 0.413 e. The van der Waals surface area contributed by atoms with Gasteiger partial charge in [0.15, 0.2) is 5.13 Å². The highest BCUT2D eigenvalue weighted by molar-refractivity contribution is 7.17. The van der Waals surface area contributed by atoms with Gasteiger partial charge in [-0.05, 0) is 35.1 Å². The number of anilines is 1. The summed E-state index contributed by atoms with van der Waals surface area (Å²) in [6.07, 6.45) is 2.66. The van der Waals surface area contributed by atoms with E-state index < -0.39 is 29.9 Å². The van der Waals surface area contributed by atoms with Crippen molar-refractivity contribution < 1.29 is 24.2 Å². The normalized spacial score (nSPS) is 18.7. The molecule has 9 heteroatoms. The van der Waals surface area contributed by atoms with Crippen LogP contribution in [0.5, 0.6) is 0 Å². The van der Waals surface area contributed by atoms with Gasteiger partial charge in [0, 0.05) is 12.0 Å². The van der Waals surface area contributed by atoms with E-state index >= 15 is 0 Å². The minimum absolute atomic E-state index is 0.0515. The Morgan fingerprint density at radius 2 is 1.71 bits per heavy atom. The van der Waals surface area contributed by atoms with Gasteiger partial charge < -0.3 is 15.2 Å². The van der Waals surface area contributed by atoms with Gasteiger partial charge in [-0.1, -0.05) is 66.3 Å². The predicted molar refractivity (Wildman–Crippen MR) is 127 cm³/mol. The number of carbonyl (C=O) groups excluding carboxylic acids is 2. The Morgan fingerprint density at radius 1 is 1.03 bits per heavy atom. The molecule has 2 aliphatic carbocycles. The van der Waals surface area contributed by atoms with E-state index in [2.05, 4.69) is 27.8 Å². The molecule has 2 amide bonds. The summed E-state index contributed by atoms with van der Waals surface area (Å²) >= 11 is 1.02. The topological polar surface area (TPSA) is 118 Å². The van der Waals surface area contributed by atoms with Gasteiger partial charge in [0.2, 0.25) is 0 Å². The molecule has 1 aromatic heterocycles. The molecule has 8 nitrogen and oxygen atoms in total. The number of nitrogens with zero attached hydrogens (tertiary/aromatic N) is 1. The molecular weight excluding hydrogens is 454 g/mol. The predicted octanol–water partition coefficient (Wildman–Crippen LogP) is 4.49. The number of nitrogens with one attached hydrogen (secondary N) is 2. The monoisotopic (exact) mass is 477 g/mol. The summed E-state index contributed by atoms with van der Waals surface area (Å²) in [5.74, 6) is -1.92. The number of carboxylic acids is 1. The van der Waals surface area contributed by atoms with Crippen LogP contribution in [0.4, 0.5) is 9.93 Å². The first-order valence-corrected chi connectivity index (χ1v) is 11.9. The van der Waals surface area contributed by atoms with E-state index in [0.717, 1.165) is 40.0 Å². The first-order valence-electron chi connectivity index (χ1n) is 11.1. The number of benzene rings is 2. The van der Waals surface area contributed by atoms with Crippen molar-refractivity contribution >= 4 is 34.4 Å². The van der Waals surface area contributed by atoms with Crippen molar-refractivity contribution in [2.24, 2.45) is 5.92 Å². The highest BCUT2D eigenvalue weighted by Crippen LogP contribution is 2.44. The van der Waals surface area contributed by atoms with Crippen LogP contribution in [0.15, 0.2) is 54.7 Å². The highest BCUT2D eigenvalue weighted by atomic mass is 32.1. The van der Waals surface area contributed by atoms with Gasteiger partial charge in [0.25, 0.3) is 5.91 Å². The number of thiazole rings is 1. The van der Waals surface area contributed by atoms with E-state index in [0.29, 0.717) is 17.7 Å². The zero-order valence-electron chi connectivity index (χ0n) is 18.2. The van der Waals surface area contributed by atoms with Crippen LogP contribution in [0, 0.1) is 5.92 Å². The molecule has 1 saturated carbocycles. The van der Waals surface area contributed by atoms with Gasteiger partial charge in [-0.25, -0.2) is 9.78 Å². The van der Waals surface area contributed by atoms with Gasteiger partial charge in [-0.15, -0.1) is 0 Å². The quantitative estimate of drug-likeness (QED) is 0.482. The molecule has 174 valence electrons. The maximum absolute atomic E-state index is 12.5. The molecule has 0 aliphatic heterocycles. The number of ether oxygens (including phenoxy) is 1. The first-order chi connectivity index (χ1) is 16.5. The lowest BCUT2D eigenvalue weighted by Crippen LogP contribution is -2.39. The fourth-order valence-electron chi connectivity index (χ4n) is 4.83. The van der Waals surface area contributed by atoms with Crippen LogP contribution < -0.4 is 10.6 Å². The van der Waals surface area contributed by atoms with E-state index in [1.807, 2.05) is 36.4 Å². The van der Waals surface area contributed by atoms with Crippen LogP contribution in [-0.2, 0) is 9.53 Å². The van der Waals surface area contributed by atoms with Crippen molar-refractivity contribution in [2.75, 3.05) is 11.9 Å². The summed E-state index contributed by atoms with van der Waals surface area (Å²) in [6.45, 7) is 0.177. The Labute approximate surface area is 200 Å². The summed E-state index contributed by atoms with van der Waals surface area (Å²) in [5.41, 5.74) is 4.54. The van der Waals surface area contributed by atoms with Gasteiger partial charge in [-0.3, -0.25) is 14.9 Å². The van der Waals surface area contributed by atoms with Crippen LogP contribution >= 0.6 is 11.3 Å². The Morgan fingerprint density at radius 3 is 2.38 bits per heavy atom. The number of carboxylic acid groups (broad SMARTS) is 1. The largest absolute Gasteiger partial charge is 0.481 e. The van der Waals surface area contributed by atoms with Crippen LogP contribution in [0.1, 0.15) is 46.0 Å². The van der Waals surface area contributed by atoms with Gasteiger partial charge >= 0.3 is 12.1 Å². The van der Waals surface area contributed by atoms with Crippen LogP contribution in [0.3, 0.4) is 0 Å². The molecule has 2 aliphatic rings. The van der Waals surface area contributed by atoms with Crippen molar-refractivity contribution in [2.45, 2.75) is 31.2 Å². The third-order valence-corrected chi connectivity index (χ3v) is 7.34. The molecule has 3 N–H and O–H groups in total. The van der Waals surface area contributed by atoms with Gasteiger partial charge in [0.05, 0.1) is 12.1 Å². The number of fused-ring (bicyclic) bond motifs is 3. The van der Waals surface area contributed by atoms with Crippen molar-refractivity contribution in [3.63, 3.8) is 0 Å². The molecular formula is C25H23N3O5S. The number of hydrogen-bond acceptors (Lipinski definition) is 6. The fourth-order valence-corrected chi connectivity index (χ4v) is 5.53. The molecule has 34 heavy (non-hydrogen) atoms. The van der Waals surface area contributed by atoms with Crippen LogP contribution in [0.25, 0.3) is 11.1 Å². The maximum atomic E-state index is 12.5. The second-order valence-corrected chi connectivity index (χ2v) is 9.47. The Bertz CT molecular complexity index is 1210. The molecule has 0 unspecified atom stereocenters. The molecule has 2 atom stereocenters. The first kappa shape index (κ1) is 22.1. The Hall–Kier alpha value is -3.72. The second kappa shape index (κ2) is 9.26. The van der Waals surface area contributed by atoms with Crippen molar-refractivity contribution in [3.05, 3.63) is 70.7 Å². The summed E-state index contributed by atoms with van der Waals surface area (Å²) < 4.78 is 5.51. The van der Waals surface area contributed by atoms with E-state index in [1.54, 1.807) is 0 Å². The zero-order valence-corrected chi connectivity index (χ0v) is 19.0. The summed E-state index contributed by atoms with van der Waals surface area (Å²) in [5, 5.41) is 14.9. The van der Waals surface area contributed by atoms with E-state index in [9.17, 15) is 19.5 Å². The lowest BCUT2D eigenvalue weighted by atomic mass is 9.98. The van der Waals surface area contributed by atoms with Crippen LogP contribution in [-0.4, -0.2) is 40.7 Å². The Balaban J connectivity index is 1.19. The number of carbonyl (C=O) groups is 3. The SMILES string of the molecule is O=C(Nc1ncc(C(=O)N[C@@H]2CCC[C@@H]2C(=O)O)s1)OCC1c2ccccc2-c2ccccc21. The average molecular weight is 478 g/mol. The molecule has 3 aromatic rings. The highest BCUT2D eigenvalue weighted by Gasteiger charge is 2.34. The lowest BCUT2D eigenvalue weighted by Gasteiger charge is -2.16. The number of aliphatic carboxylic acids is 1. The second-order valence-electron chi connectivity index (χ2n) is 8.44. The third kappa shape index (κ3) is 4.26. The van der Waals surface area contributed by atoms with E-state index in [1.165, 1.54) is 6.20 Å². The minimum Gasteiger partial charge on any atom is -0.481 e. The van der Waals surface area contributed by atoms with Crippen molar-refractivity contribution in [1.29, 1.82) is 0 Å². The molecule has 1 fully saturated rings. The Kier molecular flexibility index (Phi) is 6.02. The van der Waals surface area contributed by atoms with Crippen molar-refractivity contribution in [1.82, 2.24) is 10.3 Å². The molecule has 1 heterocycles. The molecule has 0 bridgehead atoms. The molecule has 2 aromatic carbocycles. The number of hydrogen-bond donors (Lipinski definition) is 3. The molecule has 5 rings (SSSR count). The minimum atomic E-state index is -0.898. The average Bonchev–Trinajstić information content (AvgIpc) is 3.56. The number of aromatic nitrogens is 1. The number of rotatable bonds is 6. The van der Waals surface area contributed by atoms with Gasteiger partial charge in [0.1, 0.15) is 11.5 Å².